The molecule has 0 aromatic heterocycles. The predicted molar refractivity (Wildman–Crippen MR) is 65.6 cm³/mol. The number of carboxylic acids is 1. The van der Waals surface area contributed by atoms with Gasteiger partial charge in [-0.25, -0.2) is 0 Å². The molecule has 0 unspecified atom stereocenters. The number of hydrogen-bond donors (Lipinski definition) is 2. The number of carbonyl (C=O) groups is 2. The van der Waals surface area contributed by atoms with Crippen LogP contribution < -0.4 is 5.73 Å². The molecule has 0 spiro atoms. The van der Waals surface area contributed by atoms with E-state index in [9.17, 15) is 9.59 Å². The van der Waals surface area contributed by atoms with Crippen molar-refractivity contribution in [2.75, 3.05) is 18.8 Å². The second-order valence-corrected chi connectivity index (χ2v) is 4.93. The molecule has 1 heterocycles. The first-order valence-electron chi connectivity index (χ1n) is 5.05. The van der Waals surface area contributed by atoms with Gasteiger partial charge in [-0.2, -0.15) is 0 Å². The third kappa shape index (κ3) is 2.41. The van der Waals surface area contributed by atoms with Crippen molar-refractivity contribution in [1.82, 2.24) is 4.90 Å². The molecule has 1 aromatic rings. The highest BCUT2D eigenvalue weighted by molar-refractivity contribution is 9.10. The normalized spacial score (nSPS) is 15.5. The number of nitrogens with zero attached hydrogens (tertiary/aromatic N) is 1. The lowest BCUT2D eigenvalue weighted by Crippen LogP contribution is -2.53. The largest absolute Gasteiger partial charge is 0.481 e. The summed E-state index contributed by atoms with van der Waals surface area (Å²) in [7, 11) is 0. The topological polar surface area (TPSA) is 83.6 Å². The summed E-state index contributed by atoms with van der Waals surface area (Å²) in [5.41, 5.74) is 6.61. The van der Waals surface area contributed by atoms with Gasteiger partial charge >= 0.3 is 5.97 Å². The number of anilines is 1. The van der Waals surface area contributed by atoms with Crippen LogP contribution in [0.2, 0.25) is 0 Å². The zero-order chi connectivity index (χ0) is 12.6. The van der Waals surface area contributed by atoms with E-state index in [1.54, 1.807) is 18.2 Å². The van der Waals surface area contributed by atoms with Gasteiger partial charge in [0.15, 0.2) is 0 Å². The molecule has 0 bridgehead atoms. The number of nitrogens with two attached hydrogens (primary N) is 1. The Bertz CT molecular complexity index is 463. The lowest BCUT2D eigenvalue weighted by Gasteiger charge is -2.36. The number of amides is 1. The molecule has 1 aromatic carbocycles. The van der Waals surface area contributed by atoms with E-state index in [0.717, 1.165) is 4.47 Å². The molecule has 0 saturated carbocycles. The Morgan fingerprint density at radius 3 is 2.53 bits per heavy atom. The van der Waals surface area contributed by atoms with Crippen LogP contribution in [0.1, 0.15) is 10.4 Å². The Morgan fingerprint density at radius 2 is 2.00 bits per heavy atom. The fourth-order valence-corrected chi connectivity index (χ4v) is 2.23. The highest BCUT2D eigenvalue weighted by Gasteiger charge is 2.35. The molecule has 1 amide bonds. The Morgan fingerprint density at radius 1 is 1.35 bits per heavy atom. The van der Waals surface area contributed by atoms with Crippen molar-refractivity contribution in [1.29, 1.82) is 0 Å². The van der Waals surface area contributed by atoms with E-state index in [0.29, 0.717) is 11.3 Å². The van der Waals surface area contributed by atoms with Gasteiger partial charge in [-0.05, 0) is 18.2 Å². The van der Waals surface area contributed by atoms with E-state index in [1.165, 1.54) is 4.90 Å². The first kappa shape index (κ1) is 11.9. The Balaban J connectivity index is 2.09. The Labute approximate surface area is 106 Å². The van der Waals surface area contributed by atoms with Crippen LogP contribution in [0.5, 0.6) is 0 Å². The summed E-state index contributed by atoms with van der Waals surface area (Å²) in [4.78, 5) is 24.1. The minimum Gasteiger partial charge on any atom is -0.481 e. The number of rotatable bonds is 2. The van der Waals surface area contributed by atoms with Crippen molar-refractivity contribution in [2.45, 2.75) is 0 Å². The van der Waals surface area contributed by atoms with Crippen LogP contribution in [-0.4, -0.2) is 35.0 Å². The van der Waals surface area contributed by atoms with Crippen LogP contribution in [0, 0.1) is 5.92 Å². The van der Waals surface area contributed by atoms with Gasteiger partial charge in [-0.15, -0.1) is 0 Å². The maximum absolute atomic E-state index is 12.0. The van der Waals surface area contributed by atoms with E-state index in [2.05, 4.69) is 15.9 Å². The van der Waals surface area contributed by atoms with Gasteiger partial charge in [0.2, 0.25) is 0 Å². The number of benzene rings is 1. The molecule has 1 saturated heterocycles. The third-order valence-electron chi connectivity index (χ3n) is 2.69. The summed E-state index contributed by atoms with van der Waals surface area (Å²) in [6.07, 6.45) is 0. The quantitative estimate of drug-likeness (QED) is 0.803. The number of nitrogen functional groups attached to an aromatic ring is 1. The molecule has 0 radical (unpaired) electrons. The van der Waals surface area contributed by atoms with Crippen molar-refractivity contribution in [2.24, 2.45) is 5.92 Å². The SMILES string of the molecule is Nc1cc(Br)cc(C(=O)N2CC(C(=O)O)C2)c1. The van der Waals surface area contributed by atoms with Gasteiger partial charge < -0.3 is 15.7 Å². The van der Waals surface area contributed by atoms with Crippen LogP contribution >= 0.6 is 15.9 Å². The molecular weight excluding hydrogens is 288 g/mol. The average molecular weight is 299 g/mol. The summed E-state index contributed by atoms with van der Waals surface area (Å²) < 4.78 is 0.733. The number of carboxylic acid groups (broad SMARTS) is 1. The van der Waals surface area contributed by atoms with Gasteiger partial charge in [0.05, 0.1) is 5.92 Å². The molecule has 17 heavy (non-hydrogen) atoms. The summed E-state index contributed by atoms with van der Waals surface area (Å²) in [6.45, 7) is 0.529. The lowest BCUT2D eigenvalue weighted by atomic mass is 9.99. The maximum atomic E-state index is 12.0. The van der Waals surface area contributed by atoms with E-state index in [4.69, 9.17) is 10.8 Å². The lowest BCUT2D eigenvalue weighted by molar-refractivity contribution is -0.146. The Kier molecular flexibility index (Phi) is 3.06. The summed E-state index contributed by atoms with van der Waals surface area (Å²) >= 11 is 3.26. The zero-order valence-electron chi connectivity index (χ0n) is 8.89. The molecule has 1 aliphatic rings. The zero-order valence-corrected chi connectivity index (χ0v) is 10.5. The summed E-state index contributed by atoms with van der Waals surface area (Å²) in [6, 6.07) is 4.96. The van der Waals surface area contributed by atoms with Crippen molar-refractivity contribution < 1.29 is 14.7 Å². The average Bonchev–Trinajstić information content (AvgIpc) is 2.12. The van der Waals surface area contributed by atoms with Crippen LogP contribution in [0.4, 0.5) is 5.69 Å². The standard InChI is InChI=1S/C11H11BrN2O3/c12-8-1-6(2-9(13)3-8)10(15)14-4-7(5-14)11(16)17/h1-3,7H,4-5,13H2,(H,16,17). The molecular formula is C11H11BrN2O3. The van der Waals surface area contributed by atoms with Crippen molar-refractivity contribution in [3.05, 3.63) is 28.2 Å². The van der Waals surface area contributed by atoms with E-state index in [-0.39, 0.29) is 19.0 Å². The van der Waals surface area contributed by atoms with Crippen LogP contribution in [0.3, 0.4) is 0 Å². The molecule has 0 aliphatic carbocycles. The first-order chi connectivity index (χ1) is 7.97. The highest BCUT2D eigenvalue weighted by atomic mass is 79.9. The number of hydrogen-bond acceptors (Lipinski definition) is 3. The maximum Gasteiger partial charge on any atom is 0.310 e. The minimum atomic E-state index is -0.859. The molecule has 1 fully saturated rings. The molecule has 90 valence electrons. The fourth-order valence-electron chi connectivity index (χ4n) is 1.72. The van der Waals surface area contributed by atoms with Gasteiger partial charge in [0.1, 0.15) is 0 Å². The predicted octanol–water partition coefficient (Wildman–Crippen LogP) is 1.19. The van der Waals surface area contributed by atoms with Gasteiger partial charge in [0, 0.05) is 28.8 Å². The molecule has 0 atom stereocenters. The third-order valence-corrected chi connectivity index (χ3v) is 3.14. The minimum absolute atomic E-state index is 0.185. The molecule has 2 rings (SSSR count). The smallest absolute Gasteiger partial charge is 0.310 e. The van der Waals surface area contributed by atoms with Gasteiger partial charge in [-0.3, -0.25) is 9.59 Å². The van der Waals surface area contributed by atoms with Crippen molar-refractivity contribution >= 4 is 33.5 Å². The first-order valence-corrected chi connectivity index (χ1v) is 5.85. The molecule has 3 N–H and O–H groups in total. The monoisotopic (exact) mass is 298 g/mol. The summed E-state index contributed by atoms with van der Waals surface area (Å²) in [5.74, 6) is -1.48. The van der Waals surface area contributed by atoms with Crippen LogP contribution in [-0.2, 0) is 4.79 Å². The second kappa shape index (κ2) is 4.37. The van der Waals surface area contributed by atoms with Crippen LogP contribution in [0.15, 0.2) is 22.7 Å². The van der Waals surface area contributed by atoms with Crippen molar-refractivity contribution in [3.63, 3.8) is 0 Å². The number of halogens is 1. The molecule has 5 nitrogen and oxygen atoms in total. The van der Waals surface area contributed by atoms with E-state index < -0.39 is 11.9 Å². The van der Waals surface area contributed by atoms with Crippen molar-refractivity contribution in [3.8, 4) is 0 Å². The Hall–Kier alpha value is -1.56. The fraction of sp³-hybridized carbons (Fsp3) is 0.273. The molecule has 6 heteroatoms. The van der Waals surface area contributed by atoms with Gasteiger partial charge in [0.25, 0.3) is 5.91 Å². The second-order valence-electron chi connectivity index (χ2n) is 4.02. The number of likely N-dealkylation sites (tertiary alicyclic amines) is 1. The van der Waals surface area contributed by atoms with E-state index in [1.807, 2.05) is 0 Å². The highest BCUT2D eigenvalue weighted by Crippen LogP contribution is 2.22. The number of aliphatic carboxylic acids is 1. The van der Waals surface area contributed by atoms with Crippen LogP contribution in [0.25, 0.3) is 0 Å². The van der Waals surface area contributed by atoms with E-state index >= 15 is 0 Å². The number of carbonyl (C=O) groups excluding carboxylic acids is 1. The molecule has 1 aliphatic heterocycles. The van der Waals surface area contributed by atoms with Gasteiger partial charge in [-0.1, -0.05) is 15.9 Å². The summed E-state index contributed by atoms with van der Waals surface area (Å²) in [5, 5.41) is 8.73.